The van der Waals surface area contributed by atoms with E-state index < -0.39 is 11.7 Å². The van der Waals surface area contributed by atoms with Gasteiger partial charge in [0, 0.05) is 0 Å². The number of azo groups is 1. The van der Waals surface area contributed by atoms with E-state index in [9.17, 15) is 4.79 Å². The van der Waals surface area contributed by atoms with Gasteiger partial charge >= 0.3 is 5.97 Å². The van der Waals surface area contributed by atoms with E-state index in [0.717, 1.165) is 5.56 Å². The fourth-order valence-electron chi connectivity index (χ4n) is 1.50. The van der Waals surface area contributed by atoms with Crippen LogP contribution in [0.4, 0.5) is 5.69 Å². The van der Waals surface area contributed by atoms with Crippen molar-refractivity contribution in [1.29, 1.82) is 0 Å². The van der Waals surface area contributed by atoms with Crippen molar-refractivity contribution in [2.75, 3.05) is 0 Å². The number of hydrogen-bond acceptors (Lipinski definition) is 4. The number of aromatic carboxylic acids is 1. The number of rotatable bonds is 4. The van der Waals surface area contributed by atoms with Crippen molar-refractivity contribution in [3.63, 3.8) is 0 Å². The summed E-state index contributed by atoms with van der Waals surface area (Å²) in [7, 11) is 0. The van der Waals surface area contributed by atoms with Crippen molar-refractivity contribution in [1.82, 2.24) is 4.98 Å². The Morgan fingerprint density at radius 1 is 1.14 bits per heavy atom. The summed E-state index contributed by atoms with van der Waals surface area (Å²) in [6.45, 7) is 0.301. The van der Waals surface area contributed by atoms with E-state index in [1.165, 1.54) is 0 Å². The van der Waals surface area contributed by atoms with E-state index in [0.29, 0.717) is 6.54 Å². The minimum absolute atomic E-state index is 0.00772. The van der Waals surface area contributed by atoms with Crippen LogP contribution in [0.15, 0.2) is 40.6 Å². The first-order chi connectivity index (χ1) is 10.0. The maximum absolute atomic E-state index is 11.0. The first kappa shape index (κ1) is 15.7. The molecule has 0 aliphatic rings. The minimum atomic E-state index is -1.32. The number of carboxylic acids is 1. The van der Waals surface area contributed by atoms with Gasteiger partial charge in [0.15, 0.2) is 10.8 Å². The standard InChI is InChI=1S/C13H8Cl3N3O2/c14-8-10(9(15)12(16)18-11(8)13(20)21)19-17-6-7-4-2-1-3-5-7/h1-5H,6H2,(H,20,21). The Morgan fingerprint density at radius 3 is 2.43 bits per heavy atom. The maximum Gasteiger partial charge on any atom is 0.356 e. The van der Waals surface area contributed by atoms with Gasteiger partial charge in [-0.2, -0.15) is 10.2 Å². The zero-order valence-corrected chi connectivity index (χ0v) is 12.7. The molecule has 0 fully saturated rings. The van der Waals surface area contributed by atoms with Gasteiger partial charge in [-0.05, 0) is 5.56 Å². The topological polar surface area (TPSA) is 74.9 Å². The molecular formula is C13H8Cl3N3O2. The van der Waals surface area contributed by atoms with Crippen LogP contribution >= 0.6 is 34.8 Å². The molecule has 2 aromatic rings. The molecule has 0 aliphatic heterocycles. The normalized spacial score (nSPS) is 11.0. The molecule has 0 bridgehead atoms. The Balaban J connectivity index is 2.33. The smallest absolute Gasteiger partial charge is 0.356 e. The highest BCUT2D eigenvalue weighted by Crippen LogP contribution is 2.39. The Kier molecular flexibility index (Phi) is 5.12. The third-order valence-electron chi connectivity index (χ3n) is 2.48. The molecule has 21 heavy (non-hydrogen) atoms. The predicted octanol–water partition coefficient (Wildman–Crippen LogP) is 5.02. The molecule has 0 amide bonds. The molecule has 0 spiro atoms. The summed E-state index contributed by atoms with van der Waals surface area (Å²) >= 11 is 17.6. The number of benzene rings is 1. The highest BCUT2D eigenvalue weighted by atomic mass is 35.5. The van der Waals surface area contributed by atoms with E-state index in [-0.39, 0.29) is 20.9 Å². The molecule has 1 heterocycles. The summed E-state index contributed by atoms with van der Waals surface area (Å²) in [5, 5.41) is 16.4. The van der Waals surface area contributed by atoms with Gasteiger partial charge < -0.3 is 5.11 Å². The van der Waals surface area contributed by atoms with Crippen LogP contribution < -0.4 is 0 Å². The molecule has 0 radical (unpaired) electrons. The van der Waals surface area contributed by atoms with Gasteiger partial charge in [0.1, 0.15) is 15.7 Å². The highest BCUT2D eigenvalue weighted by Gasteiger charge is 2.20. The average Bonchev–Trinajstić information content (AvgIpc) is 2.47. The number of carboxylic acid groups (broad SMARTS) is 1. The zero-order valence-electron chi connectivity index (χ0n) is 10.4. The van der Waals surface area contributed by atoms with Crippen LogP contribution in [0, 0.1) is 0 Å². The van der Waals surface area contributed by atoms with E-state index >= 15 is 0 Å². The fourth-order valence-corrected chi connectivity index (χ4v) is 2.16. The molecule has 5 nitrogen and oxygen atoms in total. The Bertz CT molecular complexity index is 706. The van der Waals surface area contributed by atoms with Crippen LogP contribution in [0.25, 0.3) is 0 Å². The average molecular weight is 345 g/mol. The lowest BCUT2D eigenvalue weighted by molar-refractivity contribution is 0.0691. The monoisotopic (exact) mass is 343 g/mol. The van der Waals surface area contributed by atoms with Gasteiger partial charge in [0.05, 0.1) is 6.54 Å². The third kappa shape index (κ3) is 3.69. The minimum Gasteiger partial charge on any atom is -0.476 e. The number of pyridine rings is 1. The summed E-state index contributed by atoms with van der Waals surface area (Å²) in [6, 6.07) is 9.39. The third-order valence-corrected chi connectivity index (χ3v) is 3.57. The van der Waals surface area contributed by atoms with Gasteiger partial charge in [-0.25, -0.2) is 9.78 Å². The molecular weight excluding hydrogens is 337 g/mol. The van der Waals surface area contributed by atoms with Crippen molar-refractivity contribution in [2.45, 2.75) is 6.54 Å². The second kappa shape index (κ2) is 6.85. The molecule has 2 rings (SSSR count). The first-order valence-electron chi connectivity index (χ1n) is 5.70. The molecule has 108 valence electrons. The molecule has 0 saturated carbocycles. The van der Waals surface area contributed by atoms with Crippen LogP contribution in [0.1, 0.15) is 16.1 Å². The SMILES string of the molecule is O=C(O)c1nc(Cl)c(Cl)c(N=NCc2ccccc2)c1Cl. The second-order valence-electron chi connectivity index (χ2n) is 3.92. The molecule has 1 N–H and O–H groups in total. The van der Waals surface area contributed by atoms with E-state index in [1.54, 1.807) is 0 Å². The van der Waals surface area contributed by atoms with Crippen LogP contribution in [0.3, 0.4) is 0 Å². The summed E-state index contributed by atoms with van der Waals surface area (Å²) in [5.41, 5.74) is 0.512. The van der Waals surface area contributed by atoms with Gasteiger partial charge in [0.25, 0.3) is 0 Å². The van der Waals surface area contributed by atoms with Gasteiger partial charge in [-0.15, -0.1) is 0 Å². The van der Waals surface area contributed by atoms with Crippen LogP contribution in [0.5, 0.6) is 0 Å². The van der Waals surface area contributed by atoms with Crippen molar-refractivity contribution in [3.05, 3.63) is 56.8 Å². The van der Waals surface area contributed by atoms with Crippen LogP contribution in [-0.4, -0.2) is 16.1 Å². The van der Waals surface area contributed by atoms with E-state index in [2.05, 4.69) is 15.2 Å². The summed E-state index contributed by atoms with van der Waals surface area (Å²) in [4.78, 5) is 14.6. The summed E-state index contributed by atoms with van der Waals surface area (Å²) < 4.78 is 0. The zero-order chi connectivity index (χ0) is 15.4. The number of carbonyl (C=O) groups is 1. The van der Waals surface area contributed by atoms with Crippen LogP contribution in [0.2, 0.25) is 15.2 Å². The second-order valence-corrected chi connectivity index (χ2v) is 5.03. The lowest BCUT2D eigenvalue weighted by atomic mass is 10.2. The highest BCUT2D eigenvalue weighted by molar-refractivity contribution is 6.45. The molecule has 8 heteroatoms. The lowest BCUT2D eigenvalue weighted by Gasteiger charge is -2.05. The van der Waals surface area contributed by atoms with Crippen molar-refractivity contribution >= 4 is 46.5 Å². The Hall–Kier alpha value is -1.69. The number of nitrogens with zero attached hydrogens (tertiary/aromatic N) is 3. The van der Waals surface area contributed by atoms with Crippen molar-refractivity contribution < 1.29 is 9.90 Å². The molecule has 1 aromatic carbocycles. The maximum atomic E-state index is 11.0. The Morgan fingerprint density at radius 2 is 1.81 bits per heavy atom. The van der Waals surface area contributed by atoms with E-state index in [4.69, 9.17) is 39.9 Å². The number of hydrogen-bond donors (Lipinski definition) is 1. The summed E-state index contributed by atoms with van der Waals surface area (Å²) in [5.74, 6) is -1.32. The van der Waals surface area contributed by atoms with E-state index in [1.807, 2.05) is 30.3 Å². The number of aromatic nitrogens is 1. The quantitative estimate of drug-likeness (QED) is 0.624. The largest absolute Gasteiger partial charge is 0.476 e. The van der Waals surface area contributed by atoms with Gasteiger partial charge in [-0.3, -0.25) is 0 Å². The molecule has 0 saturated heterocycles. The van der Waals surface area contributed by atoms with Gasteiger partial charge in [-0.1, -0.05) is 65.1 Å². The predicted molar refractivity (Wildman–Crippen MR) is 80.9 cm³/mol. The van der Waals surface area contributed by atoms with Crippen molar-refractivity contribution in [3.8, 4) is 0 Å². The Labute approximate surface area is 135 Å². The first-order valence-corrected chi connectivity index (χ1v) is 6.83. The molecule has 0 atom stereocenters. The van der Waals surface area contributed by atoms with Crippen LogP contribution in [-0.2, 0) is 6.54 Å². The summed E-state index contributed by atoms with van der Waals surface area (Å²) in [6.07, 6.45) is 0. The molecule has 1 aromatic heterocycles. The number of halogens is 3. The molecule has 0 unspecified atom stereocenters. The lowest BCUT2D eigenvalue weighted by Crippen LogP contribution is -2.02. The van der Waals surface area contributed by atoms with Gasteiger partial charge in [0.2, 0.25) is 0 Å². The fraction of sp³-hybridized carbons (Fsp3) is 0.0769. The molecule has 0 aliphatic carbocycles. The van der Waals surface area contributed by atoms with Crippen molar-refractivity contribution in [2.24, 2.45) is 10.2 Å².